The van der Waals surface area contributed by atoms with Crippen molar-refractivity contribution in [2.45, 2.75) is 31.8 Å². The summed E-state index contributed by atoms with van der Waals surface area (Å²) in [5.41, 5.74) is 0.707. The van der Waals surface area contributed by atoms with Gasteiger partial charge in [-0.2, -0.15) is 0 Å². The molecule has 0 spiro atoms. The minimum atomic E-state index is -0.693. The predicted octanol–water partition coefficient (Wildman–Crippen LogP) is 2.94. The molecule has 1 aromatic carbocycles. The maximum absolute atomic E-state index is 10.3. The normalized spacial score (nSPS) is 17.1. The number of ether oxygens (including phenoxy) is 3. The molecule has 0 saturated heterocycles. The summed E-state index contributed by atoms with van der Waals surface area (Å²) in [5.74, 6) is 2.02. The Hall–Kier alpha value is -1.26. The summed E-state index contributed by atoms with van der Waals surface area (Å²) in [6.45, 7) is 1.03. The van der Waals surface area contributed by atoms with Crippen LogP contribution >= 0.6 is 0 Å². The van der Waals surface area contributed by atoms with Crippen LogP contribution in [-0.4, -0.2) is 32.5 Å². The average molecular weight is 280 g/mol. The molecule has 0 bridgehead atoms. The first kappa shape index (κ1) is 15.1. The number of hydrogen-bond acceptors (Lipinski definition) is 4. The van der Waals surface area contributed by atoms with E-state index in [1.807, 2.05) is 6.07 Å². The first-order valence-electron chi connectivity index (χ1n) is 7.22. The number of methoxy groups -OCH3 is 2. The van der Waals surface area contributed by atoms with E-state index in [-0.39, 0.29) is 0 Å². The third-order valence-corrected chi connectivity index (χ3v) is 3.90. The van der Waals surface area contributed by atoms with Crippen molar-refractivity contribution in [2.24, 2.45) is 5.92 Å². The van der Waals surface area contributed by atoms with Gasteiger partial charge in [-0.05, 0) is 37.0 Å². The Kier molecular flexibility index (Phi) is 5.68. The Morgan fingerprint density at radius 1 is 1.20 bits per heavy atom. The van der Waals surface area contributed by atoms with Gasteiger partial charge in [0.2, 0.25) is 0 Å². The van der Waals surface area contributed by atoms with Crippen molar-refractivity contribution in [3.05, 3.63) is 23.8 Å². The molecular formula is C16H24O4. The molecule has 20 heavy (non-hydrogen) atoms. The van der Waals surface area contributed by atoms with E-state index in [1.165, 1.54) is 25.7 Å². The first-order valence-corrected chi connectivity index (χ1v) is 7.22. The lowest BCUT2D eigenvalue weighted by Gasteiger charge is -2.17. The van der Waals surface area contributed by atoms with Crippen LogP contribution in [0.25, 0.3) is 0 Å². The summed E-state index contributed by atoms with van der Waals surface area (Å²) in [6.07, 6.45) is 4.42. The van der Waals surface area contributed by atoms with Gasteiger partial charge in [-0.1, -0.05) is 12.8 Å². The van der Waals surface area contributed by atoms with Gasteiger partial charge >= 0.3 is 0 Å². The van der Waals surface area contributed by atoms with Crippen molar-refractivity contribution < 1.29 is 19.3 Å². The molecule has 2 rings (SSSR count). The second-order valence-corrected chi connectivity index (χ2v) is 5.31. The highest BCUT2D eigenvalue weighted by Gasteiger charge is 2.18. The zero-order chi connectivity index (χ0) is 14.4. The van der Waals surface area contributed by atoms with Gasteiger partial charge in [-0.25, -0.2) is 0 Å². The molecule has 0 radical (unpaired) electrons. The fourth-order valence-electron chi connectivity index (χ4n) is 2.71. The quantitative estimate of drug-likeness (QED) is 0.834. The van der Waals surface area contributed by atoms with Crippen LogP contribution in [0.5, 0.6) is 11.5 Å². The molecule has 1 atom stereocenters. The lowest BCUT2D eigenvalue weighted by atomic mass is 10.1. The standard InChI is InChI=1S/C16H24O4/c1-18-13-7-8-16(19-2)14(9-13)15(17)11-20-10-12-5-3-4-6-12/h7-9,12,15,17H,3-6,10-11H2,1-2H3. The monoisotopic (exact) mass is 280 g/mol. The molecule has 1 N–H and O–H groups in total. The van der Waals surface area contributed by atoms with Gasteiger partial charge in [0.15, 0.2) is 0 Å². The first-order chi connectivity index (χ1) is 9.74. The van der Waals surface area contributed by atoms with Gasteiger partial charge < -0.3 is 19.3 Å². The summed E-state index contributed by atoms with van der Waals surface area (Å²) in [5, 5.41) is 10.3. The smallest absolute Gasteiger partial charge is 0.125 e. The van der Waals surface area contributed by atoms with Gasteiger partial charge in [-0.15, -0.1) is 0 Å². The Labute approximate surface area is 120 Å². The van der Waals surface area contributed by atoms with Crippen LogP contribution in [0, 0.1) is 5.92 Å². The molecule has 1 unspecified atom stereocenters. The van der Waals surface area contributed by atoms with Crippen LogP contribution in [0.2, 0.25) is 0 Å². The van der Waals surface area contributed by atoms with Crippen molar-refractivity contribution >= 4 is 0 Å². The molecule has 1 fully saturated rings. The van der Waals surface area contributed by atoms with Crippen LogP contribution in [0.1, 0.15) is 37.4 Å². The van der Waals surface area contributed by atoms with E-state index in [9.17, 15) is 5.11 Å². The summed E-state index contributed by atoms with van der Waals surface area (Å²) in [6, 6.07) is 5.41. The molecule has 4 heteroatoms. The largest absolute Gasteiger partial charge is 0.497 e. The fraction of sp³-hybridized carbons (Fsp3) is 0.625. The van der Waals surface area contributed by atoms with Crippen molar-refractivity contribution in [2.75, 3.05) is 27.4 Å². The SMILES string of the molecule is COc1ccc(OC)c(C(O)COCC2CCCC2)c1. The Morgan fingerprint density at radius 2 is 1.95 bits per heavy atom. The fourth-order valence-corrected chi connectivity index (χ4v) is 2.71. The lowest BCUT2D eigenvalue weighted by Crippen LogP contribution is -2.13. The van der Waals surface area contributed by atoms with E-state index in [0.717, 1.165) is 6.61 Å². The number of rotatable bonds is 7. The molecule has 0 amide bonds. The van der Waals surface area contributed by atoms with Crippen LogP contribution in [-0.2, 0) is 4.74 Å². The number of benzene rings is 1. The molecule has 1 aromatic rings. The van der Waals surface area contributed by atoms with Crippen molar-refractivity contribution in [1.29, 1.82) is 0 Å². The second kappa shape index (κ2) is 7.50. The summed E-state index contributed by atoms with van der Waals surface area (Å²) >= 11 is 0. The molecule has 1 aliphatic rings. The number of aliphatic hydroxyl groups excluding tert-OH is 1. The van der Waals surface area contributed by atoms with Crippen LogP contribution < -0.4 is 9.47 Å². The molecule has 4 nitrogen and oxygen atoms in total. The van der Waals surface area contributed by atoms with Gasteiger partial charge in [0, 0.05) is 12.2 Å². The summed E-state index contributed by atoms with van der Waals surface area (Å²) < 4.78 is 16.1. The van der Waals surface area contributed by atoms with Gasteiger partial charge in [0.25, 0.3) is 0 Å². The third kappa shape index (κ3) is 3.87. The lowest BCUT2D eigenvalue weighted by molar-refractivity contribution is 0.0201. The van der Waals surface area contributed by atoms with E-state index in [1.54, 1.807) is 26.4 Å². The van der Waals surface area contributed by atoms with Crippen molar-refractivity contribution in [3.8, 4) is 11.5 Å². The van der Waals surface area contributed by atoms with Crippen LogP contribution in [0.15, 0.2) is 18.2 Å². The number of hydrogen-bond donors (Lipinski definition) is 1. The topological polar surface area (TPSA) is 47.9 Å². The highest BCUT2D eigenvalue weighted by molar-refractivity contribution is 5.41. The molecule has 0 aliphatic heterocycles. The average Bonchev–Trinajstić information content (AvgIpc) is 2.99. The molecular weight excluding hydrogens is 256 g/mol. The van der Waals surface area contributed by atoms with Crippen LogP contribution in [0.4, 0.5) is 0 Å². The minimum Gasteiger partial charge on any atom is -0.497 e. The minimum absolute atomic E-state index is 0.292. The maximum atomic E-state index is 10.3. The number of aliphatic hydroxyl groups is 1. The predicted molar refractivity (Wildman–Crippen MR) is 77.3 cm³/mol. The Bertz CT molecular complexity index is 413. The molecule has 1 saturated carbocycles. The zero-order valence-corrected chi connectivity index (χ0v) is 12.3. The summed E-state index contributed by atoms with van der Waals surface area (Å²) in [4.78, 5) is 0. The van der Waals surface area contributed by atoms with Gasteiger partial charge in [0.1, 0.15) is 17.6 Å². The van der Waals surface area contributed by atoms with Crippen molar-refractivity contribution in [1.82, 2.24) is 0 Å². The summed E-state index contributed by atoms with van der Waals surface area (Å²) in [7, 11) is 3.20. The molecule has 0 heterocycles. The second-order valence-electron chi connectivity index (χ2n) is 5.31. The van der Waals surface area contributed by atoms with Gasteiger partial charge in [0.05, 0.1) is 20.8 Å². The highest BCUT2D eigenvalue weighted by atomic mass is 16.5. The van der Waals surface area contributed by atoms with Crippen molar-refractivity contribution in [3.63, 3.8) is 0 Å². The van der Waals surface area contributed by atoms with Gasteiger partial charge in [-0.3, -0.25) is 0 Å². The van der Waals surface area contributed by atoms with E-state index >= 15 is 0 Å². The molecule has 1 aliphatic carbocycles. The highest BCUT2D eigenvalue weighted by Crippen LogP contribution is 2.30. The van der Waals surface area contributed by atoms with E-state index in [0.29, 0.717) is 29.6 Å². The zero-order valence-electron chi connectivity index (χ0n) is 12.3. The molecule has 0 aromatic heterocycles. The van der Waals surface area contributed by atoms with E-state index in [4.69, 9.17) is 14.2 Å². The maximum Gasteiger partial charge on any atom is 0.125 e. The third-order valence-electron chi connectivity index (χ3n) is 3.90. The Balaban J connectivity index is 1.91. The van der Waals surface area contributed by atoms with E-state index in [2.05, 4.69) is 0 Å². The van der Waals surface area contributed by atoms with E-state index < -0.39 is 6.10 Å². The van der Waals surface area contributed by atoms with Crippen LogP contribution in [0.3, 0.4) is 0 Å². The molecule has 112 valence electrons. The Morgan fingerprint density at radius 3 is 2.60 bits per heavy atom.